The van der Waals surface area contributed by atoms with Gasteiger partial charge in [0.15, 0.2) is 28.8 Å². The molecule has 0 aliphatic rings. The van der Waals surface area contributed by atoms with Gasteiger partial charge in [0.2, 0.25) is 11.6 Å². The molecule has 1 aromatic heterocycles. The Morgan fingerprint density at radius 3 is 2.11 bits per heavy atom. The summed E-state index contributed by atoms with van der Waals surface area (Å²) in [5.74, 6) is 1.81. The number of phenolic OH excluding ortho intramolecular Hbond substituents is 1. The minimum atomic E-state index is -0.576. The summed E-state index contributed by atoms with van der Waals surface area (Å²) in [6.07, 6.45) is 0. The number of amides is 1. The van der Waals surface area contributed by atoms with Gasteiger partial charge in [-0.25, -0.2) is 9.67 Å². The van der Waals surface area contributed by atoms with Crippen LogP contribution in [0.1, 0.15) is 17.5 Å². The Kier molecular flexibility index (Phi) is 7.86. The second-order valence-corrected chi connectivity index (χ2v) is 7.85. The smallest absolute Gasteiger partial charge is 0.295 e. The predicted molar refractivity (Wildman–Crippen MR) is 140 cm³/mol. The molecular weight excluding hydrogens is 492 g/mol. The van der Waals surface area contributed by atoms with Gasteiger partial charge in [0.05, 0.1) is 40.7 Å². The Morgan fingerprint density at radius 2 is 1.55 bits per heavy atom. The number of hydrogen-bond donors (Lipinski definition) is 2. The van der Waals surface area contributed by atoms with Crippen molar-refractivity contribution in [3.8, 4) is 51.6 Å². The third kappa shape index (κ3) is 5.26. The minimum absolute atomic E-state index is 0.0991. The fraction of sp³-hybridized carbons (Fsp3) is 0.222. The van der Waals surface area contributed by atoms with Gasteiger partial charge in [-0.2, -0.15) is 0 Å². The van der Waals surface area contributed by atoms with Crippen LogP contribution in [-0.2, 0) is 0 Å². The highest BCUT2D eigenvalue weighted by atomic mass is 16.5. The molecule has 11 nitrogen and oxygen atoms in total. The van der Waals surface area contributed by atoms with Gasteiger partial charge in [0, 0.05) is 17.3 Å². The van der Waals surface area contributed by atoms with Crippen LogP contribution in [0.4, 0.5) is 5.69 Å². The molecule has 4 aromatic rings. The highest BCUT2D eigenvalue weighted by Gasteiger charge is 2.22. The molecule has 0 bridgehead atoms. The van der Waals surface area contributed by atoms with Gasteiger partial charge in [0.1, 0.15) is 5.75 Å². The molecule has 0 unspecified atom stereocenters. The van der Waals surface area contributed by atoms with Crippen molar-refractivity contribution in [1.29, 1.82) is 0 Å². The Balaban J connectivity index is 1.80. The van der Waals surface area contributed by atoms with Crippen molar-refractivity contribution in [3.63, 3.8) is 0 Å². The average Bonchev–Trinajstić information content (AvgIpc) is 3.38. The zero-order valence-electron chi connectivity index (χ0n) is 21.6. The van der Waals surface area contributed by atoms with E-state index in [1.165, 1.54) is 45.3 Å². The Hall–Kier alpha value is -4.93. The number of benzene rings is 3. The summed E-state index contributed by atoms with van der Waals surface area (Å²) < 4.78 is 28.6. The molecule has 0 aliphatic carbocycles. The molecular formula is C27H28N4O7. The van der Waals surface area contributed by atoms with Crippen LogP contribution in [0.5, 0.6) is 34.5 Å². The fourth-order valence-corrected chi connectivity index (χ4v) is 3.79. The van der Waals surface area contributed by atoms with Crippen molar-refractivity contribution in [2.24, 2.45) is 0 Å². The highest BCUT2D eigenvalue weighted by molar-refractivity contribution is 6.02. The molecule has 1 amide bonds. The van der Waals surface area contributed by atoms with Gasteiger partial charge >= 0.3 is 0 Å². The van der Waals surface area contributed by atoms with Crippen LogP contribution in [-0.4, -0.2) is 60.8 Å². The number of anilines is 1. The van der Waals surface area contributed by atoms with Crippen LogP contribution in [0.3, 0.4) is 0 Å². The summed E-state index contributed by atoms with van der Waals surface area (Å²) in [5.41, 5.74) is 1.56. The molecule has 0 spiro atoms. The zero-order chi connectivity index (χ0) is 27.2. The first-order valence-electron chi connectivity index (χ1n) is 11.6. The molecule has 198 valence electrons. The number of nitrogens with zero attached hydrogens (tertiary/aromatic N) is 3. The number of aromatic nitrogens is 3. The molecule has 2 N–H and O–H groups in total. The molecule has 1 heterocycles. The summed E-state index contributed by atoms with van der Waals surface area (Å²) in [7, 11) is 5.99. The van der Waals surface area contributed by atoms with E-state index < -0.39 is 5.91 Å². The standard InChI is InChI=1S/C27H28N4O7/c1-6-38-19-10-8-18(9-11-19)31-26(16-13-22(35-3)24(37-5)23(14-16)36-4)29-25(30-31)27(33)28-17-7-12-21(34-2)20(32)15-17/h7-15,32H,6H2,1-5H3,(H,28,33). The van der Waals surface area contributed by atoms with Gasteiger partial charge in [-0.3, -0.25) is 4.79 Å². The lowest BCUT2D eigenvalue weighted by atomic mass is 10.1. The van der Waals surface area contributed by atoms with Gasteiger partial charge in [-0.05, 0) is 55.5 Å². The second kappa shape index (κ2) is 11.4. The Morgan fingerprint density at radius 1 is 0.895 bits per heavy atom. The lowest BCUT2D eigenvalue weighted by Gasteiger charge is -2.14. The molecule has 0 aliphatic heterocycles. The summed E-state index contributed by atoms with van der Waals surface area (Å²) >= 11 is 0. The number of aromatic hydroxyl groups is 1. The average molecular weight is 521 g/mol. The van der Waals surface area contributed by atoms with E-state index in [1.807, 2.05) is 19.1 Å². The number of ether oxygens (including phenoxy) is 5. The lowest BCUT2D eigenvalue weighted by molar-refractivity contribution is 0.101. The lowest BCUT2D eigenvalue weighted by Crippen LogP contribution is -2.14. The summed E-state index contributed by atoms with van der Waals surface area (Å²) in [6, 6.07) is 15.2. The van der Waals surface area contributed by atoms with E-state index in [-0.39, 0.29) is 17.3 Å². The van der Waals surface area contributed by atoms with E-state index in [1.54, 1.807) is 30.3 Å². The first-order chi connectivity index (χ1) is 18.4. The first-order valence-corrected chi connectivity index (χ1v) is 11.6. The van der Waals surface area contributed by atoms with Crippen LogP contribution in [0.15, 0.2) is 54.6 Å². The number of rotatable bonds is 10. The molecule has 0 atom stereocenters. The molecule has 0 saturated heterocycles. The number of phenols is 1. The third-order valence-corrected chi connectivity index (χ3v) is 5.56. The van der Waals surface area contributed by atoms with Crippen LogP contribution < -0.4 is 29.0 Å². The van der Waals surface area contributed by atoms with E-state index >= 15 is 0 Å². The fourth-order valence-electron chi connectivity index (χ4n) is 3.79. The summed E-state index contributed by atoms with van der Waals surface area (Å²) in [5, 5.41) is 17.3. The van der Waals surface area contributed by atoms with E-state index in [0.29, 0.717) is 52.4 Å². The normalized spacial score (nSPS) is 10.6. The molecule has 0 saturated carbocycles. The van der Waals surface area contributed by atoms with Gasteiger partial charge in [-0.15, -0.1) is 5.10 Å². The second-order valence-electron chi connectivity index (χ2n) is 7.85. The minimum Gasteiger partial charge on any atom is -0.504 e. The number of methoxy groups -OCH3 is 4. The molecule has 11 heteroatoms. The topological polar surface area (TPSA) is 126 Å². The molecule has 3 aromatic carbocycles. The molecule has 0 radical (unpaired) electrons. The van der Waals surface area contributed by atoms with E-state index in [9.17, 15) is 9.90 Å². The molecule has 4 rings (SSSR count). The van der Waals surface area contributed by atoms with Crippen molar-refractivity contribution in [1.82, 2.24) is 14.8 Å². The van der Waals surface area contributed by atoms with Crippen molar-refractivity contribution in [2.75, 3.05) is 40.4 Å². The first kappa shape index (κ1) is 26.1. The highest BCUT2D eigenvalue weighted by Crippen LogP contribution is 2.41. The number of hydrogen-bond acceptors (Lipinski definition) is 9. The Labute approximate surface area is 219 Å². The van der Waals surface area contributed by atoms with Crippen molar-refractivity contribution in [2.45, 2.75) is 6.92 Å². The molecule has 0 fully saturated rings. The SMILES string of the molecule is CCOc1ccc(-n2nc(C(=O)Nc3ccc(OC)c(O)c3)nc2-c2cc(OC)c(OC)c(OC)c2)cc1. The van der Waals surface area contributed by atoms with Crippen LogP contribution >= 0.6 is 0 Å². The van der Waals surface area contributed by atoms with Gasteiger partial charge in [-0.1, -0.05) is 0 Å². The maximum Gasteiger partial charge on any atom is 0.295 e. The van der Waals surface area contributed by atoms with Gasteiger partial charge in [0.25, 0.3) is 5.91 Å². The molecule has 38 heavy (non-hydrogen) atoms. The Bertz CT molecular complexity index is 1410. The zero-order valence-corrected chi connectivity index (χ0v) is 21.6. The van der Waals surface area contributed by atoms with E-state index in [4.69, 9.17) is 23.7 Å². The van der Waals surface area contributed by atoms with E-state index in [0.717, 1.165) is 0 Å². The van der Waals surface area contributed by atoms with Crippen LogP contribution in [0.2, 0.25) is 0 Å². The quantitative estimate of drug-likeness (QED) is 0.314. The maximum atomic E-state index is 13.1. The summed E-state index contributed by atoms with van der Waals surface area (Å²) in [6.45, 7) is 2.44. The van der Waals surface area contributed by atoms with Crippen molar-refractivity contribution < 1.29 is 33.6 Å². The van der Waals surface area contributed by atoms with Crippen molar-refractivity contribution >= 4 is 11.6 Å². The third-order valence-electron chi connectivity index (χ3n) is 5.56. The van der Waals surface area contributed by atoms with Gasteiger partial charge < -0.3 is 34.1 Å². The predicted octanol–water partition coefficient (Wildman–Crippen LogP) is 4.33. The van der Waals surface area contributed by atoms with Crippen molar-refractivity contribution in [3.05, 3.63) is 60.4 Å². The van der Waals surface area contributed by atoms with Crippen LogP contribution in [0.25, 0.3) is 17.1 Å². The van der Waals surface area contributed by atoms with E-state index in [2.05, 4.69) is 15.4 Å². The number of carbonyl (C=O) groups excluding carboxylic acids is 1. The monoisotopic (exact) mass is 520 g/mol. The van der Waals surface area contributed by atoms with Crippen LogP contribution in [0, 0.1) is 0 Å². The largest absolute Gasteiger partial charge is 0.504 e. The summed E-state index contributed by atoms with van der Waals surface area (Å²) in [4.78, 5) is 17.7. The number of nitrogens with one attached hydrogen (secondary N) is 1. The number of carbonyl (C=O) groups is 1. The maximum absolute atomic E-state index is 13.1.